The molecule has 2 fully saturated rings. The SMILES string of the molecule is O=C(C[C@@H]1N[C@H]2CCCC[C@H]2NC1=O)Nc1ccc([N+](=O)[O-])cc1. The number of piperazine rings is 1. The topological polar surface area (TPSA) is 113 Å². The molecule has 3 rings (SSSR count). The van der Waals surface area contributed by atoms with Gasteiger partial charge in [0.15, 0.2) is 0 Å². The molecule has 1 aromatic carbocycles. The van der Waals surface area contributed by atoms with Crippen molar-refractivity contribution in [1.82, 2.24) is 10.6 Å². The van der Waals surface area contributed by atoms with Crippen LogP contribution in [0, 0.1) is 10.1 Å². The molecule has 8 heteroatoms. The highest BCUT2D eigenvalue weighted by Gasteiger charge is 2.36. The molecule has 2 amide bonds. The number of benzene rings is 1. The Hall–Kier alpha value is -2.48. The zero-order valence-electron chi connectivity index (χ0n) is 13.2. The lowest BCUT2D eigenvalue weighted by Crippen LogP contribution is -2.65. The molecule has 1 aliphatic heterocycles. The van der Waals surface area contributed by atoms with Gasteiger partial charge in [0.1, 0.15) is 0 Å². The first kappa shape index (κ1) is 16.4. The minimum Gasteiger partial charge on any atom is -0.350 e. The van der Waals surface area contributed by atoms with Gasteiger partial charge in [0.05, 0.1) is 17.4 Å². The van der Waals surface area contributed by atoms with Gasteiger partial charge in [0.2, 0.25) is 11.8 Å². The molecule has 0 aromatic heterocycles. The fourth-order valence-electron chi connectivity index (χ4n) is 3.34. The van der Waals surface area contributed by atoms with Crippen LogP contribution in [-0.2, 0) is 9.59 Å². The van der Waals surface area contributed by atoms with E-state index in [1.807, 2.05) is 0 Å². The van der Waals surface area contributed by atoms with Crippen molar-refractivity contribution < 1.29 is 14.5 Å². The van der Waals surface area contributed by atoms with Crippen molar-refractivity contribution in [3.8, 4) is 0 Å². The maximum atomic E-state index is 12.1. The van der Waals surface area contributed by atoms with Crippen LogP contribution < -0.4 is 16.0 Å². The number of nitrogens with one attached hydrogen (secondary N) is 3. The minimum absolute atomic E-state index is 0.0338. The number of hydrogen-bond donors (Lipinski definition) is 3. The van der Waals surface area contributed by atoms with E-state index in [9.17, 15) is 19.7 Å². The van der Waals surface area contributed by atoms with Crippen molar-refractivity contribution in [3.63, 3.8) is 0 Å². The summed E-state index contributed by atoms with van der Waals surface area (Å²) in [6, 6.07) is 5.46. The van der Waals surface area contributed by atoms with Gasteiger partial charge in [-0.3, -0.25) is 19.7 Å². The maximum absolute atomic E-state index is 12.1. The van der Waals surface area contributed by atoms with Gasteiger partial charge in [-0.25, -0.2) is 0 Å². The van der Waals surface area contributed by atoms with Gasteiger partial charge in [-0.15, -0.1) is 0 Å². The standard InChI is InChI=1S/C16H20N4O4/c21-15(17-10-5-7-11(8-6-10)20(23)24)9-14-16(22)19-13-4-2-1-3-12(13)18-14/h5-8,12-14,18H,1-4,9H2,(H,17,21)(H,19,22)/t12-,13+,14-/m0/s1. The van der Waals surface area contributed by atoms with Crippen LogP contribution in [0.1, 0.15) is 32.1 Å². The number of nitrogens with zero attached hydrogens (tertiary/aromatic N) is 1. The van der Waals surface area contributed by atoms with Crippen molar-refractivity contribution in [2.75, 3.05) is 5.32 Å². The van der Waals surface area contributed by atoms with E-state index >= 15 is 0 Å². The number of non-ortho nitro benzene ring substituents is 1. The Labute approximate surface area is 139 Å². The molecule has 0 bridgehead atoms. The third-order valence-electron chi connectivity index (χ3n) is 4.58. The Morgan fingerprint density at radius 3 is 2.54 bits per heavy atom. The number of nitro groups is 1. The second kappa shape index (κ2) is 6.96. The summed E-state index contributed by atoms with van der Waals surface area (Å²) < 4.78 is 0. The molecule has 3 N–H and O–H groups in total. The van der Waals surface area contributed by atoms with E-state index in [0.29, 0.717) is 5.69 Å². The first-order chi connectivity index (χ1) is 11.5. The summed E-state index contributed by atoms with van der Waals surface area (Å²) in [5, 5.41) is 19.6. The molecule has 0 radical (unpaired) electrons. The van der Waals surface area contributed by atoms with Crippen LogP contribution in [0.2, 0.25) is 0 Å². The molecular formula is C16H20N4O4. The monoisotopic (exact) mass is 332 g/mol. The molecule has 128 valence electrons. The van der Waals surface area contributed by atoms with Gasteiger partial charge in [-0.05, 0) is 25.0 Å². The van der Waals surface area contributed by atoms with Gasteiger partial charge >= 0.3 is 0 Å². The zero-order valence-corrected chi connectivity index (χ0v) is 13.2. The second-order valence-corrected chi connectivity index (χ2v) is 6.28. The van der Waals surface area contributed by atoms with Crippen molar-refractivity contribution in [1.29, 1.82) is 0 Å². The van der Waals surface area contributed by atoms with E-state index in [1.54, 1.807) is 0 Å². The number of nitro benzene ring substituents is 1. The molecule has 1 aromatic rings. The summed E-state index contributed by atoms with van der Waals surface area (Å²) in [6.07, 6.45) is 4.27. The summed E-state index contributed by atoms with van der Waals surface area (Å²) in [7, 11) is 0. The Bertz CT molecular complexity index is 646. The number of carbonyl (C=O) groups excluding carboxylic acids is 2. The molecule has 1 saturated heterocycles. The Morgan fingerprint density at radius 2 is 1.88 bits per heavy atom. The fourth-order valence-corrected chi connectivity index (χ4v) is 3.34. The van der Waals surface area contributed by atoms with Crippen LogP contribution in [0.4, 0.5) is 11.4 Å². The summed E-state index contributed by atoms with van der Waals surface area (Å²) >= 11 is 0. The van der Waals surface area contributed by atoms with Crippen molar-refractivity contribution in [3.05, 3.63) is 34.4 Å². The molecule has 1 aliphatic carbocycles. The molecule has 2 aliphatic rings. The fraction of sp³-hybridized carbons (Fsp3) is 0.500. The van der Waals surface area contributed by atoms with E-state index in [2.05, 4.69) is 16.0 Å². The molecule has 8 nitrogen and oxygen atoms in total. The number of fused-ring (bicyclic) bond motifs is 1. The number of anilines is 1. The lowest BCUT2D eigenvalue weighted by atomic mass is 9.87. The molecule has 3 atom stereocenters. The molecule has 0 spiro atoms. The van der Waals surface area contributed by atoms with E-state index < -0.39 is 11.0 Å². The molecule has 1 heterocycles. The number of hydrogen-bond acceptors (Lipinski definition) is 5. The van der Waals surface area contributed by atoms with Gasteiger partial charge in [-0.2, -0.15) is 0 Å². The largest absolute Gasteiger partial charge is 0.350 e. The first-order valence-electron chi connectivity index (χ1n) is 8.13. The predicted octanol–water partition coefficient (Wildman–Crippen LogP) is 1.32. The lowest BCUT2D eigenvalue weighted by Gasteiger charge is -2.40. The highest BCUT2D eigenvalue weighted by atomic mass is 16.6. The summed E-state index contributed by atoms with van der Waals surface area (Å²) in [6.45, 7) is 0. The van der Waals surface area contributed by atoms with Crippen LogP contribution in [0.25, 0.3) is 0 Å². The van der Waals surface area contributed by atoms with Crippen molar-refractivity contribution in [2.45, 2.75) is 50.2 Å². The lowest BCUT2D eigenvalue weighted by molar-refractivity contribution is -0.384. The van der Waals surface area contributed by atoms with E-state index in [0.717, 1.165) is 25.7 Å². The maximum Gasteiger partial charge on any atom is 0.269 e. The summed E-state index contributed by atoms with van der Waals surface area (Å²) in [5.74, 6) is -0.442. The van der Waals surface area contributed by atoms with E-state index in [1.165, 1.54) is 24.3 Å². The van der Waals surface area contributed by atoms with Crippen LogP contribution in [0.5, 0.6) is 0 Å². The van der Waals surface area contributed by atoms with Gasteiger partial charge in [-0.1, -0.05) is 12.8 Å². The Morgan fingerprint density at radius 1 is 1.21 bits per heavy atom. The predicted molar refractivity (Wildman–Crippen MR) is 87.5 cm³/mol. The molecule has 1 saturated carbocycles. The third-order valence-corrected chi connectivity index (χ3v) is 4.58. The van der Waals surface area contributed by atoms with E-state index in [4.69, 9.17) is 0 Å². The Kier molecular flexibility index (Phi) is 4.75. The molecular weight excluding hydrogens is 312 g/mol. The van der Waals surface area contributed by atoms with Crippen LogP contribution in [0.15, 0.2) is 24.3 Å². The molecule has 24 heavy (non-hydrogen) atoms. The zero-order chi connectivity index (χ0) is 17.1. The third kappa shape index (κ3) is 3.70. The highest BCUT2D eigenvalue weighted by molar-refractivity contribution is 5.95. The van der Waals surface area contributed by atoms with Crippen LogP contribution in [0.3, 0.4) is 0 Å². The average molecular weight is 332 g/mol. The number of rotatable bonds is 4. The van der Waals surface area contributed by atoms with Crippen molar-refractivity contribution >= 4 is 23.2 Å². The Balaban J connectivity index is 1.56. The van der Waals surface area contributed by atoms with Gasteiger partial charge < -0.3 is 16.0 Å². The van der Waals surface area contributed by atoms with Crippen LogP contribution in [-0.4, -0.2) is 34.9 Å². The van der Waals surface area contributed by atoms with Gasteiger partial charge in [0, 0.05) is 29.9 Å². The van der Waals surface area contributed by atoms with Crippen molar-refractivity contribution in [2.24, 2.45) is 0 Å². The highest BCUT2D eigenvalue weighted by Crippen LogP contribution is 2.22. The summed E-state index contributed by atoms with van der Waals surface area (Å²) in [4.78, 5) is 34.4. The van der Waals surface area contributed by atoms with Crippen LogP contribution >= 0.6 is 0 Å². The summed E-state index contributed by atoms with van der Waals surface area (Å²) in [5.41, 5.74) is 0.432. The normalized spacial score (nSPS) is 26.2. The smallest absolute Gasteiger partial charge is 0.269 e. The quantitative estimate of drug-likeness (QED) is 0.568. The average Bonchev–Trinajstić information content (AvgIpc) is 2.56. The first-order valence-corrected chi connectivity index (χ1v) is 8.13. The number of amides is 2. The van der Waals surface area contributed by atoms with Gasteiger partial charge in [0.25, 0.3) is 5.69 Å². The van der Waals surface area contributed by atoms with E-state index in [-0.39, 0.29) is 36.0 Å². The minimum atomic E-state index is -0.539. The number of carbonyl (C=O) groups is 2. The molecule has 0 unspecified atom stereocenters. The second-order valence-electron chi connectivity index (χ2n) is 6.28.